The number of hydrogen-bond acceptors (Lipinski definition) is 4. The van der Waals surface area contributed by atoms with Gasteiger partial charge in [-0.1, -0.05) is 59.8 Å². The molecule has 1 N–H and O–H groups in total. The van der Waals surface area contributed by atoms with Crippen molar-refractivity contribution in [3.63, 3.8) is 0 Å². The fourth-order valence-electron chi connectivity index (χ4n) is 4.35. The molecule has 0 unspecified atom stereocenters. The summed E-state index contributed by atoms with van der Waals surface area (Å²) in [6.07, 6.45) is -2.61. The molecule has 172 valence electrons. The average Bonchev–Trinajstić information content (AvgIpc) is 3.24. The maximum absolute atomic E-state index is 12.7. The van der Waals surface area contributed by atoms with E-state index in [0.717, 1.165) is 25.0 Å². The standard InChI is InChI=1S/C25H22F3N3O.ClH/c1-15(21-8-4-6-16-5-2-3-7-22(16)21)29-20-13-18(14-20)24-30-23(31-32-24)17-9-11-19(12-10-17)25(26,27)28;/h2-12,15,18,20,29H,13-14H2,1H3;1H/t15-,18?,20?;/m1./s1. The summed E-state index contributed by atoms with van der Waals surface area (Å²) >= 11 is 0. The molecule has 8 heteroatoms. The zero-order valence-electron chi connectivity index (χ0n) is 17.8. The Morgan fingerprint density at radius 1 is 0.970 bits per heavy atom. The summed E-state index contributed by atoms with van der Waals surface area (Å²) in [7, 11) is 0. The van der Waals surface area contributed by atoms with E-state index >= 15 is 0 Å². The van der Waals surface area contributed by atoms with Crippen LogP contribution in [0.3, 0.4) is 0 Å². The lowest BCUT2D eigenvalue weighted by Gasteiger charge is -2.36. The maximum Gasteiger partial charge on any atom is 0.416 e. The third kappa shape index (κ3) is 4.75. The van der Waals surface area contributed by atoms with Crippen LogP contribution in [0.4, 0.5) is 13.2 Å². The Hall–Kier alpha value is -2.90. The summed E-state index contributed by atoms with van der Waals surface area (Å²) in [4.78, 5) is 4.42. The van der Waals surface area contributed by atoms with E-state index in [-0.39, 0.29) is 24.4 Å². The van der Waals surface area contributed by atoms with Crippen molar-refractivity contribution in [3.8, 4) is 11.4 Å². The Morgan fingerprint density at radius 2 is 1.67 bits per heavy atom. The Balaban J connectivity index is 0.00000259. The minimum Gasteiger partial charge on any atom is -0.339 e. The largest absolute Gasteiger partial charge is 0.416 e. The Kier molecular flexibility index (Phi) is 6.45. The minimum absolute atomic E-state index is 0. The van der Waals surface area contributed by atoms with Crippen molar-refractivity contribution in [3.05, 3.63) is 83.7 Å². The highest BCUT2D eigenvalue weighted by Crippen LogP contribution is 2.38. The number of alkyl halides is 3. The third-order valence-electron chi connectivity index (χ3n) is 6.18. The third-order valence-corrected chi connectivity index (χ3v) is 6.18. The minimum atomic E-state index is -4.36. The van der Waals surface area contributed by atoms with Crippen molar-refractivity contribution in [2.24, 2.45) is 0 Å². The summed E-state index contributed by atoms with van der Waals surface area (Å²) in [5.41, 5.74) is 1.08. The highest BCUT2D eigenvalue weighted by Gasteiger charge is 2.35. The number of aromatic nitrogens is 2. The number of benzene rings is 3. The first-order valence-corrected chi connectivity index (χ1v) is 10.6. The first-order valence-electron chi connectivity index (χ1n) is 10.6. The number of rotatable bonds is 5. The molecule has 0 aliphatic heterocycles. The van der Waals surface area contributed by atoms with Crippen LogP contribution in [-0.2, 0) is 6.18 Å². The van der Waals surface area contributed by atoms with Gasteiger partial charge < -0.3 is 9.84 Å². The van der Waals surface area contributed by atoms with E-state index in [1.54, 1.807) is 0 Å². The van der Waals surface area contributed by atoms with E-state index in [1.165, 1.54) is 28.5 Å². The van der Waals surface area contributed by atoms with Gasteiger partial charge in [0.1, 0.15) is 0 Å². The van der Waals surface area contributed by atoms with Crippen molar-refractivity contribution in [1.82, 2.24) is 15.5 Å². The number of fused-ring (bicyclic) bond motifs is 1. The van der Waals surface area contributed by atoms with Crippen LogP contribution in [0.5, 0.6) is 0 Å². The van der Waals surface area contributed by atoms with Gasteiger partial charge in [0.15, 0.2) is 0 Å². The first kappa shape index (κ1) is 23.3. The molecule has 1 heterocycles. The molecule has 1 aromatic heterocycles. The molecule has 4 nitrogen and oxygen atoms in total. The second-order valence-electron chi connectivity index (χ2n) is 8.35. The highest BCUT2D eigenvalue weighted by atomic mass is 35.5. The zero-order valence-corrected chi connectivity index (χ0v) is 18.7. The molecule has 1 saturated carbocycles. The van der Waals surface area contributed by atoms with E-state index in [1.807, 2.05) is 6.07 Å². The Bertz CT molecular complexity index is 1230. The van der Waals surface area contributed by atoms with Crippen molar-refractivity contribution in [1.29, 1.82) is 0 Å². The molecule has 1 aliphatic rings. The van der Waals surface area contributed by atoms with Crippen LogP contribution in [0, 0.1) is 0 Å². The van der Waals surface area contributed by atoms with Crippen LogP contribution in [0.25, 0.3) is 22.2 Å². The second-order valence-corrected chi connectivity index (χ2v) is 8.35. The summed E-state index contributed by atoms with van der Waals surface area (Å²) in [6.45, 7) is 2.17. The lowest BCUT2D eigenvalue weighted by molar-refractivity contribution is -0.137. The number of nitrogens with zero attached hydrogens (tertiary/aromatic N) is 2. The van der Waals surface area contributed by atoms with Crippen LogP contribution in [-0.4, -0.2) is 16.2 Å². The summed E-state index contributed by atoms with van der Waals surface area (Å²) in [5, 5.41) is 10.1. The second kappa shape index (κ2) is 9.15. The molecule has 0 bridgehead atoms. The summed E-state index contributed by atoms with van der Waals surface area (Å²) < 4.78 is 43.6. The van der Waals surface area contributed by atoms with Gasteiger partial charge in [-0.2, -0.15) is 18.2 Å². The van der Waals surface area contributed by atoms with E-state index in [9.17, 15) is 13.2 Å². The zero-order chi connectivity index (χ0) is 22.3. The first-order chi connectivity index (χ1) is 15.4. The van der Waals surface area contributed by atoms with Gasteiger partial charge in [-0.15, -0.1) is 12.4 Å². The predicted octanol–water partition coefficient (Wildman–Crippen LogP) is 6.93. The van der Waals surface area contributed by atoms with Gasteiger partial charge in [0, 0.05) is 23.6 Å². The van der Waals surface area contributed by atoms with Gasteiger partial charge in [-0.05, 0) is 48.2 Å². The van der Waals surface area contributed by atoms with E-state index in [4.69, 9.17) is 4.52 Å². The van der Waals surface area contributed by atoms with Gasteiger partial charge in [0.25, 0.3) is 0 Å². The van der Waals surface area contributed by atoms with Crippen LogP contribution >= 0.6 is 12.4 Å². The van der Waals surface area contributed by atoms with E-state index < -0.39 is 11.7 Å². The summed E-state index contributed by atoms with van der Waals surface area (Å²) in [5.74, 6) is 1.01. The maximum atomic E-state index is 12.7. The molecule has 0 radical (unpaired) electrons. The predicted molar refractivity (Wildman–Crippen MR) is 123 cm³/mol. The Labute approximate surface area is 195 Å². The highest BCUT2D eigenvalue weighted by molar-refractivity contribution is 5.86. The summed E-state index contributed by atoms with van der Waals surface area (Å²) in [6, 6.07) is 20.1. The van der Waals surface area contributed by atoms with Gasteiger partial charge >= 0.3 is 6.18 Å². The Morgan fingerprint density at radius 3 is 2.39 bits per heavy atom. The normalized spacial score (nSPS) is 19.0. The molecule has 1 atom stereocenters. The van der Waals surface area contributed by atoms with Crippen LogP contribution in [0.2, 0.25) is 0 Å². The van der Waals surface area contributed by atoms with Crippen molar-refractivity contribution in [2.45, 2.75) is 43.9 Å². The molecule has 1 aliphatic carbocycles. The molecular formula is C25H23ClF3N3O. The van der Waals surface area contributed by atoms with Gasteiger partial charge in [-0.25, -0.2) is 0 Å². The van der Waals surface area contributed by atoms with Gasteiger partial charge in [0.05, 0.1) is 5.56 Å². The molecule has 1 fully saturated rings. The topological polar surface area (TPSA) is 51.0 Å². The quantitative estimate of drug-likeness (QED) is 0.341. The van der Waals surface area contributed by atoms with Gasteiger partial charge in [0.2, 0.25) is 11.7 Å². The number of nitrogens with one attached hydrogen (secondary N) is 1. The fraction of sp³-hybridized carbons (Fsp3) is 0.280. The molecule has 33 heavy (non-hydrogen) atoms. The molecule has 0 saturated heterocycles. The lowest BCUT2D eigenvalue weighted by atomic mass is 9.79. The monoisotopic (exact) mass is 473 g/mol. The SMILES string of the molecule is C[C@@H](NC1CC(c2nc(-c3ccc(C(F)(F)F)cc3)no2)C1)c1cccc2ccccc12.Cl. The number of hydrogen-bond donors (Lipinski definition) is 1. The van der Waals surface area contributed by atoms with Crippen LogP contribution < -0.4 is 5.32 Å². The van der Waals surface area contributed by atoms with Crippen LogP contribution in [0.15, 0.2) is 71.3 Å². The van der Waals surface area contributed by atoms with Crippen molar-refractivity contribution >= 4 is 23.2 Å². The van der Waals surface area contributed by atoms with Gasteiger partial charge in [-0.3, -0.25) is 0 Å². The van der Waals surface area contributed by atoms with E-state index in [2.05, 4.69) is 58.8 Å². The van der Waals surface area contributed by atoms with E-state index in [0.29, 0.717) is 23.3 Å². The van der Waals surface area contributed by atoms with Crippen molar-refractivity contribution < 1.29 is 17.7 Å². The molecular weight excluding hydrogens is 451 g/mol. The molecule has 5 rings (SSSR count). The molecule has 0 spiro atoms. The molecule has 3 aromatic carbocycles. The number of halogens is 4. The lowest BCUT2D eigenvalue weighted by Crippen LogP contribution is -2.41. The van der Waals surface area contributed by atoms with Crippen LogP contribution in [0.1, 0.15) is 48.7 Å². The molecule has 4 aromatic rings. The average molecular weight is 474 g/mol. The fourth-order valence-corrected chi connectivity index (χ4v) is 4.35. The smallest absolute Gasteiger partial charge is 0.339 e. The molecule has 0 amide bonds. The van der Waals surface area contributed by atoms with Crippen molar-refractivity contribution in [2.75, 3.05) is 0 Å².